The fraction of sp³-hybridized carbons (Fsp3) is 0.385. The molecule has 10 nitrogen and oxygen atoms in total. The Kier molecular flexibility index (Phi) is 3.41. The Labute approximate surface area is 130 Å². The van der Waals surface area contributed by atoms with Crippen LogP contribution >= 0.6 is 0 Å². The fourth-order valence-electron chi connectivity index (χ4n) is 2.61. The van der Waals surface area contributed by atoms with Crippen molar-refractivity contribution in [1.82, 2.24) is 19.5 Å². The molecule has 23 heavy (non-hydrogen) atoms. The number of hydrogen-bond acceptors (Lipinski definition) is 9. The summed E-state index contributed by atoms with van der Waals surface area (Å²) in [7, 11) is 0. The predicted octanol–water partition coefficient (Wildman–Crippen LogP) is -1.36. The molecule has 3 rings (SSSR count). The summed E-state index contributed by atoms with van der Waals surface area (Å²) >= 11 is 0. The number of rotatable bonds is 3. The second-order valence-corrected chi connectivity index (χ2v) is 5.04. The molecule has 5 N–H and O–H groups in total. The summed E-state index contributed by atoms with van der Waals surface area (Å²) in [5.41, 5.74) is 4.15. The molecular weight excluding hydrogens is 304 g/mol. The van der Waals surface area contributed by atoms with Crippen molar-refractivity contribution in [1.29, 1.82) is 0 Å². The number of anilines is 1. The Morgan fingerprint density at radius 1 is 1.57 bits per heavy atom. The van der Waals surface area contributed by atoms with Gasteiger partial charge < -0.3 is 25.8 Å². The maximum Gasteiger partial charge on any atom is 0.244 e. The largest absolute Gasteiger partial charge is 0.492 e. The Hall–Kier alpha value is -2.74. The Balaban J connectivity index is 2.15. The molecular formula is C13H14N6O4. The number of fused-ring (bicyclic) bond motifs is 1. The molecule has 0 amide bonds. The highest BCUT2D eigenvalue weighted by Crippen LogP contribution is 2.43. The average molecular weight is 318 g/mol. The van der Waals surface area contributed by atoms with Crippen molar-refractivity contribution in [2.24, 2.45) is 10.9 Å². The van der Waals surface area contributed by atoms with Gasteiger partial charge in [0.25, 0.3) is 0 Å². The van der Waals surface area contributed by atoms with Crippen LogP contribution in [0.4, 0.5) is 5.95 Å². The van der Waals surface area contributed by atoms with Gasteiger partial charge in [-0.05, 0) is 6.72 Å². The van der Waals surface area contributed by atoms with Crippen LogP contribution in [0.5, 0.6) is 5.88 Å². The van der Waals surface area contributed by atoms with Crippen molar-refractivity contribution in [3.05, 3.63) is 6.33 Å². The highest BCUT2D eigenvalue weighted by atomic mass is 16.6. The maximum atomic E-state index is 10.3. The number of aliphatic hydroxyl groups is 2. The lowest BCUT2D eigenvalue weighted by Gasteiger charge is -2.24. The van der Waals surface area contributed by atoms with Gasteiger partial charge in [0.1, 0.15) is 6.10 Å². The molecule has 2 aromatic rings. The normalized spacial score (nSPS) is 30.4. The number of imidazole rings is 1. The van der Waals surface area contributed by atoms with E-state index >= 15 is 0 Å². The van der Waals surface area contributed by atoms with Gasteiger partial charge in [0.2, 0.25) is 17.6 Å². The average Bonchev–Trinajstić information content (AvgIpc) is 3.06. The van der Waals surface area contributed by atoms with Crippen LogP contribution in [0.15, 0.2) is 11.3 Å². The van der Waals surface area contributed by atoms with Gasteiger partial charge in [0.15, 0.2) is 17.4 Å². The molecule has 2 aromatic heterocycles. The van der Waals surface area contributed by atoms with Crippen LogP contribution in [-0.4, -0.2) is 60.0 Å². The predicted molar refractivity (Wildman–Crippen MR) is 79.2 cm³/mol. The van der Waals surface area contributed by atoms with Gasteiger partial charge in [-0.2, -0.15) is 9.97 Å². The van der Waals surface area contributed by atoms with E-state index in [2.05, 4.69) is 32.6 Å². The van der Waals surface area contributed by atoms with Crippen LogP contribution in [-0.2, 0) is 4.74 Å². The highest BCUT2D eigenvalue weighted by Gasteiger charge is 2.54. The minimum absolute atomic E-state index is 0.0983. The minimum atomic E-state index is -1.65. The van der Waals surface area contributed by atoms with E-state index in [4.69, 9.17) is 16.9 Å². The van der Waals surface area contributed by atoms with Crippen LogP contribution in [0.3, 0.4) is 0 Å². The van der Waals surface area contributed by atoms with Gasteiger partial charge in [-0.1, -0.05) is 5.92 Å². The number of hydrogen-bond donors (Lipinski definition) is 4. The number of aliphatic hydroxyl groups excluding tert-OH is 2. The quantitative estimate of drug-likeness (QED) is 0.400. The Morgan fingerprint density at radius 3 is 2.91 bits per heavy atom. The zero-order chi connectivity index (χ0) is 16.8. The van der Waals surface area contributed by atoms with E-state index in [1.165, 1.54) is 10.9 Å². The van der Waals surface area contributed by atoms with Crippen molar-refractivity contribution in [2.75, 3.05) is 12.3 Å². The zero-order valence-corrected chi connectivity index (χ0v) is 11.9. The summed E-state index contributed by atoms with van der Waals surface area (Å²) in [4.78, 5) is 15.3. The molecule has 4 atom stereocenters. The highest BCUT2D eigenvalue weighted by molar-refractivity contribution is 5.77. The second kappa shape index (κ2) is 5.17. The first-order valence-corrected chi connectivity index (χ1v) is 6.57. The first-order chi connectivity index (χ1) is 11.0. The van der Waals surface area contributed by atoms with E-state index in [9.17, 15) is 15.3 Å². The van der Waals surface area contributed by atoms with Crippen LogP contribution in [0.2, 0.25) is 0 Å². The van der Waals surface area contributed by atoms with Gasteiger partial charge in [0, 0.05) is 0 Å². The van der Waals surface area contributed by atoms with Gasteiger partial charge in [-0.15, -0.1) is 6.42 Å². The number of terminal acetylenes is 1. The third kappa shape index (κ3) is 2.02. The van der Waals surface area contributed by atoms with Gasteiger partial charge >= 0.3 is 0 Å². The summed E-state index contributed by atoms with van der Waals surface area (Å²) in [6.45, 7) is 2.73. The SMILES string of the molecule is C#C[C@@H]1[C@H](n2cnc3c(O)nc(N)nc32)O[C@@](CO)(N=C)[C@H]1O. The molecule has 0 bridgehead atoms. The van der Waals surface area contributed by atoms with Crippen molar-refractivity contribution in [2.45, 2.75) is 18.1 Å². The molecule has 1 fully saturated rings. The standard InChI is InChI=1S/C13H14N6O4/c1-3-6-8(21)13(4-20,15-2)23-11(6)19-5-16-7-9(19)17-12(14)18-10(7)22/h1,5-6,8,11,20-21H,2,4H2,(H3,14,17,18,22)/t6-,8-,11+,13+/m0/s1. The number of nitrogens with two attached hydrogens (primary N) is 1. The van der Waals surface area contributed by atoms with E-state index in [1.54, 1.807) is 0 Å². The number of nitrogens with zero attached hydrogens (tertiary/aromatic N) is 5. The van der Waals surface area contributed by atoms with E-state index in [0.29, 0.717) is 0 Å². The number of nitrogen functional groups attached to an aromatic ring is 1. The molecule has 0 saturated carbocycles. The number of aromatic hydroxyl groups is 1. The number of ether oxygens (including phenoxy) is 1. The molecule has 1 aliphatic rings. The third-order valence-electron chi connectivity index (χ3n) is 3.82. The zero-order valence-electron chi connectivity index (χ0n) is 11.9. The molecule has 120 valence electrons. The summed E-state index contributed by atoms with van der Waals surface area (Å²) in [6, 6.07) is 0. The first-order valence-electron chi connectivity index (χ1n) is 6.57. The van der Waals surface area contributed by atoms with E-state index in [0.717, 1.165) is 0 Å². The summed E-state index contributed by atoms with van der Waals surface area (Å²) in [5.74, 6) is 0.996. The molecule has 1 aliphatic heterocycles. The van der Waals surface area contributed by atoms with E-state index in [-0.39, 0.29) is 17.1 Å². The molecule has 0 spiro atoms. The topological polar surface area (TPSA) is 152 Å². The van der Waals surface area contributed by atoms with Crippen molar-refractivity contribution in [3.63, 3.8) is 0 Å². The van der Waals surface area contributed by atoms with Gasteiger partial charge in [-0.3, -0.25) is 9.56 Å². The number of aromatic nitrogens is 4. The van der Waals surface area contributed by atoms with Crippen LogP contribution in [0.25, 0.3) is 11.2 Å². The lowest BCUT2D eigenvalue weighted by atomic mass is 9.97. The molecule has 3 heterocycles. The van der Waals surface area contributed by atoms with Crippen molar-refractivity contribution < 1.29 is 20.1 Å². The molecule has 0 aromatic carbocycles. The van der Waals surface area contributed by atoms with Crippen LogP contribution in [0.1, 0.15) is 6.23 Å². The lowest BCUT2D eigenvalue weighted by Crippen LogP contribution is -2.42. The number of aliphatic imine (C=N–C) groups is 1. The van der Waals surface area contributed by atoms with Gasteiger partial charge in [0.05, 0.1) is 18.9 Å². The lowest BCUT2D eigenvalue weighted by molar-refractivity contribution is -0.120. The van der Waals surface area contributed by atoms with Gasteiger partial charge in [-0.25, -0.2) is 4.98 Å². The van der Waals surface area contributed by atoms with Crippen LogP contribution in [0, 0.1) is 18.3 Å². The van der Waals surface area contributed by atoms with Crippen molar-refractivity contribution in [3.8, 4) is 18.2 Å². The Bertz CT molecular complexity index is 815. The van der Waals surface area contributed by atoms with E-state index < -0.39 is 36.5 Å². The first kappa shape index (κ1) is 15.2. The van der Waals surface area contributed by atoms with Crippen LogP contribution < -0.4 is 5.73 Å². The smallest absolute Gasteiger partial charge is 0.244 e. The minimum Gasteiger partial charge on any atom is -0.492 e. The van der Waals surface area contributed by atoms with Crippen molar-refractivity contribution >= 4 is 23.8 Å². The summed E-state index contributed by atoms with van der Waals surface area (Å²) < 4.78 is 7.06. The fourth-order valence-corrected chi connectivity index (χ4v) is 2.61. The maximum absolute atomic E-state index is 10.3. The summed E-state index contributed by atoms with van der Waals surface area (Å²) in [5, 5.41) is 29.6. The molecule has 0 radical (unpaired) electrons. The monoisotopic (exact) mass is 318 g/mol. The second-order valence-electron chi connectivity index (χ2n) is 5.04. The molecule has 10 heteroatoms. The molecule has 1 saturated heterocycles. The third-order valence-corrected chi connectivity index (χ3v) is 3.82. The Morgan fingerprint density at radius 2 is 2.30 bits per heavy atom. The molecule has 0 aliphatic carbocycles. The molecule has 0 unspecified atom stereocenters. The van der Waals surface area contributed by atoms with E-state index in [1.807, 2.05) is 0 Å². The summed E-state index contributed by atoms with van der Waals surface area (Å²) in [6.07, 6.45) is 4.57.